The van der Waals surface area contributed by atoms with Crippen LogP contribution < -0.4 is 0 Å². The monoisotopic (exact) mass is 345 g/mol. The van der Waals surface area contributed by atoms with Crippen LogP contribution >= 0.6 is 0 Å². The second-order valence-corrected chi connectivity index (χ2v) is 6.64. The minimum atomic E-state index is -0.876. The number of fused-ring (bicyclic) bond motifs is 1. The van der Waals surface area contributed by atoms with E-state index in [1.165, 1.54) is 10.6 Å². The van der Waals surface area contributed by atoms with Crippen LogP contribution in [0.15, 0.2) is 36.7 Å². The molecule has 0 fully saturated rings. The van der Waals surface area contributed by atoms with Gasteiger partial charge in [-0.05, 0) is 50.6 Å². The summed E-state index contributed by atoms with van der Waals surface area (Å²) in [6.45, 7) is 5.31. The Bertz CT molecular complexity index is 945. The molecule has 130 valence electrons. The zero-order valence-corrected chi connectivity index (χ0v) is 14.1. The number of carbonyl (C=O) groups excluding carboxylic acids is 1. The Hall–Kier alpha value is -2.83. The van der Waals surface area contributed by atoms with E-state index in [0.29, 0.717) is 16.6 Å². The first-order valence-corrected chi connectivity index (χ1v) is 7.74. The Kier molecular flexibility index (Phi) is 4.24. The zero-order chi connectivity index (χ0) is 18.2. The van der Waals surface area contributed by atoms with Crippen LogP contribution in [0.4, 0.5) is 13.6 Å². The molecule has 0 aliphatic carbocycles. The van der Waals surface area contributed by atoms with Crippen molar-refractivity contribution >= 4 is 17.1 Å². The lowest BCUT2D eigenvalue weighted by Gasteiger charge is -2.19. The molecular formula is C18H17F2N3O2. The van der Waals surface area contributed by atoms with E-state index in [1.54, 1.807) is 45.3 Å². The van der Waals surface area contributed by atoms with Crippen molar-refractivity contribution < 1.29 is 18.3 Å². The van der Waals surface area contributed by atoms with E-state index in [9.17, 15) is 13.6 Å². The van der Waals surface area contributed by atoms with Gasteiger partial charge in [0.15, 0.2) is 0 Å². The van der Waals surface area contributed by atoms with Crippen molar-refractivity contribution in [2.45, 2.75) is 32.8 Å². The maximum Gasteiger partial charge on any atom is 0.420 e. The molecule has 0 bridgehead atoms. The second-order valence-electron chi connectivity index (χ2n) is 6.64. The van der Waals surface area contributed by atoms with Crippen molar-refractivity contribution in [3.63, 3.8) is 0 Å². The van der Waals surface area contributed by atoms with Crippen molar-refractivity contribution in [2.24, 2.45) is 0 Å². The number of pyridine rings is 2. The Morgan fingerprint density at radius 2 is 1.96 bits per heavy atom. The molecule has 0 amide bonds. The first-order chi connectivity index (χ1) is 11.7. The van der Waals surface area contributed by atoms with Gasteiger partial charge in [-0.15, -0.1) is 0 Å². The molecular weight excluding hydrogens is 328 g/mol. The fourth-order valence-electron chi connectivity index (χ4n) is 2.50. The van der Waals surface area contributed by atoms with Gasteiger partial charge in [-0.1, -0.05) is 0 Å². The van der Waals surface area contributed by atoms with Crippen molar-refractivity contribution in [2.75, 3.05) is 0 Å². The molecule has 3 rings (SSSR count). The van der Waals surface area contributed by atoms with E-state index in [2.05, 4.69) is 9.97 Å². The first kappa shape index (κ1) is 17.0. The largest absolute Gasteiger partial charge is 0.443 e. The predicted octanol–water partition coefficient (Wildman–Crippen LogP) is 4.08. The minimum Gasteiger partial charge on any atom is -0.443 e. The minimum absolute atomic E-state index is 0.150. The lowest BCUT2D eigenvalue weighted by molar-refractivity contribution is 0.0543. The fraction of sp³-hybridized carbons (Fsp3) is 0.278. The van der Waals surface area contributed by atoms with Gasteiger partial charge < -0.3 is 4.74 Å². The predicted molar refractivity (Wildman–Crippen MR) is 88.3 cm³/mol. The highest BCUT2D eigenvalue weighted by molar-refractivity contribution is 5.89. The van der Waals surface area contributed by atoms with E-state index in [4.69, 9.17) is 4.74 Å². The van der Waals surface area contributed by atoms with Crippen LogP contribution in [0, 0.1) is 11.9 Å². The van der Waals surface area contributed by atoms with E-state index in [0.717, 1.165) is 6.07 Å². The molecule has 25 heavy (non-hydrogen) atoms. The van der Waals surface area contributed by atoms with Gasteiger partial charge in [-0.3, -0.25) is 0 Å². The Balaban J connectivity index is 2.03. The Morgan fingerprint density at radius 1 is 1.20 bits per heavy atom. The first-order valence-electron chi connectivity index (χ1n) is 7.74. The molecule has 0 atom stereocenters. The van der Waals surface area contributed by atoms with E-state index >= 15 is 0 Å². The standard InChI is InChI=1S/C18H17F2N3O2/c1-18(2,3)25-17(24)23-10-12(13-5-4-8-21-16(13)23)9-11-6-7-14(19)22-15(11)20/h4-8,10H,9H2,1-3H3. The molecule has 0 unspecified atom stereocenters. The molecule has 3 aromatic rings. The number of carbonyl (C=O) groups is 1. The van der Waals surface area contributed by atoms with Crippen LogP contribution in [0.2, 0.25) is 0 Å². The summed E-state index contributed by atoms with van der Waals surface area (Å²) in [4.78, 5) is 19.8. The summed E-state index contributed by atoms with van der Waals surface area (Å²) in [5, 5.41) is 0.692. The molecule has 3 aromatic heterocycles. The van der Waals surface area contributed by atoms with Gasteiger partial charge in [-0.2, -0.15) is 13.8 Å². The quantitative estimate of drug-likeness (QED) is 0.657. The molecule has 5 nitrogen and oxygen atoms in total. The van der Waals surface area contributed by atoms with Crippen LogP contribution in [0.25, 0.3) is 11.0 Å². The summed E-state index contributed by atoms with van der Waals surface area (Å²) in [6, 6.07) is 5.95. The van der Waals surface area contributed by atoms with Gasteiger partial charge >= 0.3 is 6.09 Å². The smallest absolute Gasteiger partial charge is 0.420 e. The Labute approximate surface area is 143 Å². The van der Waals surface area contributed by atoms with Crippen molar-refractivity contribution in [3.05, 3.63) is 59.7 Å². The Morgan fingerprint density at radius 3 is 2.64 bits per heavy atom. The van der Waals surface area contributed by atoms with Gasteiger partial charge in [0.1, 0.15) is 11.2 Å². The molecule has 3 heterocycles. The topological polar surface area (TPSA) is 57.0 Å². The third-order valence-electron chi connectivity index (χ3n) is 3.51. The van der Waals surface area contributed by atoms with Gasteiger partial charge in [0.05, 0.1) is 0 Å². The van der Waals surface area contributed by atoms with Crippen LogP contribution in [0.1, 0.15) is 31.9 Å². The molecule has 0 aliphatic heterocycles. The van der Waals surface area contributed by atoms with Crippen LogP contribution in [0.5, 0.6) is 0 Å². The van der Waals surface area contributed by atoms with Gasteiger partial charge in [0, 0.05) is 29.8 Å². The molecule has 7 heteroatoms. The fourth-order valence-corrected chi connectivity index (χ4v) is 2.50. The summed E-state index contributed by atoms with van der Waals surface area (Å²) >= 11 is 0. The van der Waals surface area contributed by atoms with E-state index < -0.39 is 23.6 Å². The normalized spacial score (nSPS) is 11.7. The maximum absolute atomic E-state index is 13.9. The highest BCUT2D eigenvalue weighted by Gasteiger charge is 2.21. The highest BCUT2D eigenvalue weighted by atomic mass is 19.1. The van der Waals surface area contributed by atoms with Crippen molar-refractivity contribution in [1.29, 1.82) is 0 Å². The van der Waals surface area contributed by atoms with Crippen LogP contribution in [-0.2, 0) is 11.2 Å². The average molecular weight is 345 g/mol. The van der Waals surface area contributed by atoms with Gasteiger partial charge in [-0.25, -0.2) is 14.3 Å². The summed E-state index contributed by atoms with van der Waals surface area (Å²) in [7, 11) is 0. The average Bonchev–Trinajstić information content (AvgIpc) is 2.87. The lowest BCUT2D eigenvalue weighted by Crippen LogP contribution is -2.26. The molecule has 0 saturated carbocycles. The number of aromatic nitrogens is 3. The number of ether oxygens (including phenoxy) is 1. The number of halogens is 2. The van der Waals surface area contributed by atoms with Crippen molar-refractivity contribution in [1.82, 2.24) is 14.5 Å². The number of hydrogen-bond donors (Lipinski definition) is 0. The molecule has 0 aliphatic rings. The number of nitrogens with zero attached hydrogens (tertiary/aromatic N) is 3. The summed E-state index contributed by atoms with van der Waals surface area (Å²) in [6.07, 6.45) is 2.71. The van der Waals surface area contributed by atoms with E-state index in [-0.39, 0.29) is 12.0 Å². The molecule has 0 aromatic carbocycles. The summed E-state index contributed by atoms with van der Waals surface area (Å²) in [5.74, 6) is -1.75. The SMILES string of the molecule is CC(C)(C)OC(=O)n1cc(Cc2ccc(F)nc2F)c2cccnc21. The number of rotatable bonds is 2. The second kappa shape index (κ2) is 6.23. The summed E-state index contributed by atoms with van der Waals surface area (Å²) in [5.41, 5.74) is 0.660. The van der Waals surface area contributed by atoms with E-state index in [1.807, 2.05) is 0 Å². The molecule has 0 spiro atoms. The molecule has 0 saturated heterocycles. The maximum atomic E-state index is 13.9. The van der Waals surface area contributed by atoms with Gasteiger partial charge in [0.2, 0.25) is 11.9 Å². The number of hydrogen-bond acceptors (Lipinski definition) is 4. The van der Waals surface area contributed by atoms with Gasteiger partial charge in [0.25, 0.3) is 0 Å². The van der Waals surface area contributed by atoms with Crippen LogP contribution in [-0.4, -0.2) is 26.2 Å². The highest BCUT2D eigenvalue weighted by Crippen LogP contribution is 2.24. The summed E-state index contributed by atoms with van der Waals surface area (Å²) < 4.78 is 33.5. The molecule has 0 N–H and O–H groups in total. The lowest BCUT2D eigenvalue weighted by atomic mass is 10.1. The van der Waals surface area contributed by atoms with Crippen LogP contribution in [0.3, 0.4) is 0 Å². The third kappa shape index (κ3) is 3.65. The zero-order valence-electron chi connectivity index (χ0n) is 14.1. The third-order valence-corrected chi connectivity index (χ3v) is 3.51. The van der Waals surface area contributed by atoms with Crippen molar-refractivity contribution in [3.8, 4) is 0 Å². The molecule has 0 radical (unpaired) electrons.